The molecule has 0 bridgehead atoms. The van der Waals surface area contributed by atoms with Crippen LogP contribution >= 0.6 is 0 Å². The molecule has 3 atom stereocenters. The maximum absolute atomic E-state index is 12.5. The van der Waals surface area contributed by atoms with E-state index >= 15 is 0 Å². The van der Waals surface area contributed by atoms with Crippen LogP contribution in [0.15, 0.2) is 0 Å². The quantitative estimate of drug-likeness (QED) is 0.656. The molecule has 2 heterocycles. The lowest BCUT2D eigenvalue weighted by Gasteiger charge is -2.33. The van der Waals surface area contributed by atoms with Gasteiger partial charge in [-0.15, -0.1) is 0 Å². The van der Waals surface area contributed by atoms with E-state index in [-0.39, 0.29) is 24.9 Å². The van der Waals surface area contributed by atoms with Gasteiger partial charge in [-0.25, -0.2) is 0 Å². The third-order valence-electron chi connectivity index (χ3n) is 3.07. The molecule has 0 radical (unpaired) electrons. The van der Waals surface area contributed by atoms with Crippen molar-refractivity contribution in [3.63, 3.8) is 0 Å². The first-order valence-corrected chi connectivity index (χ1v) is 4.99. The van der Waals surface area contributed by atoms with E-state index in [1.807, 2.05) is 0 Å². The fraction of sp³-hybridized carbons (Fsp3) is 0.889. The summed E-state index contributed by atoms with van der Waals surface area (Å²) in [4.78, 5) is 13.1. The van der Waals surface area contributed by atoms with Crippen LogP contribution in [0.2, 0.25) is 0 Å². The highest BCUT2D eigenvalue weighted by atomic mass is 19.4. The molecule has 0 aromatic carbocycles. The summed E-state index contributed by atoms with van der Waals surface area (Å²) in [6.45, 7) is 2.28. The SMILES string of the molecule is CC1CN2CC(C(F)(F)F)CC2C(=O)N1. The lowest BCUT2D eigenvalue weighted by atomic mass is 10.0. The van der Waals surface area contributed by atoms with Gasteiger partial charge in [0.05, 0.1) is 12.0 Å². The fourth-order valence-corrected chi connectivity index (χ4v) is 2.35. The summed E-state index contributed by atoms with van der Waals surface area (Å²) in [5, 5.41) is 2.67. The maximum atomic E-state index is 12.5. The molecule has 1 amide bonds. The van der Waals surface area contributed by atoms with Gasteiger partial charge < -0.3 is 5.32 Å². The molecular formula is C9H13F3N2O. The molecule has 2 aliphatic rings. The molecule has 6 heteroatoms. The van der Waals surface area contributed by atoms with Gasteiger partial charge in [0.15, 0.2) is 0 Å². The number of hydrogen-bond donors (Lipinski definition) is 1. The molecule has 3 unspecified atom stereocenters. The number of carbonyl (C=O) groups is 1. The summed E-state index contributed by atoms with van der Waals surface area (Å²) >= 11 is 0. The predicted molar refractivity (Wildman–Crippen MR) is 47.1 cm³/mol. The van der Waals surface area contributed by atoms with Crippen LogP contribution in [0.25, 0.3) is 0 Å². The number of rotatable bonds is 0. The van der Waals surface area contributed by atoms with Crippen LogP contribution in [-0.4, -0.2) is 42.2 Å². The van der Waals surface area contributed by atoms with E-state index in [1.54, 1.807) is 11.8 Å². The standard InChI is InChI=1S/C9H13F3N2O/c1-5-3-14-4-6(9(10,11)12)2-7(14)8(15)13-5/h5-7H,2-4H2,1H3,(H,13,15). The molecule has 0 aliphatic carbocycles. The van der Waals surface area contributed by atoms with Gasteiger partial charge in [-0.3, -0.25) is 9.69 Å². The number of alkyl halides is 3. The molecular weight excluding hydrogens is 209 g/mol. The first-order chi connectivity index (χ1) is 6.88. The Morgan fingerprint density at radius 1 is 1.40 bits per heavy atom. The van der Waals surface area contributed by atoms with Crippen molar-refractivity contribution in [2.24, 2.45) is 5.92 Å². The molecule has 2 aliphatic heterocycles. The minimum Gasteiger partial charge on any atom is -0.351 e. The zero-order valence-corrected chi connectivity index (χ0v) is 8.34. The average Bonchev–Trinajstić information content (AvgIpc) is 2.46. The van der Waals surface area contributed by atoms with E-state index in [0.29, 0.717) is 6.54 Å². The second-order valence-corrected chi connectivity index (χ2v) is 4.35. The molecule has 0 spiro atoms. The van der Waals surface area contributed by atoms with E-state index in [2.05, 4.69) is 5.32 Å². The Balaban J connectivity index is 2.09. The van der Waals surface area contributed by atoms with Crippen LogP contribution in [0.4, 0.5) is 13.2 Å². The highest BCUT2D eigenvalue weighted by Gasteiger charge is 2.50. The molecule has 2 saturated heterocycles. The van der Waals surface area contributed by atoms with Crippen molar-refractivity contribution in [2.45, 2.75) is 31.6 Å². The minimum absolute atomic E-state index is 0.0358. The molecule has 0 aromatic heterocycles. The Morgan fingerprint density at radius 3 is 2.67 bits per heavy atom. The van der Waals surface area contributed by atoms with Crippen molar-refractivity contribution >= 4 is 5.91 Å². The normalized spacial score (nSPS) is 37.6. The molecule has 1 N–H and O–H groups in total. The number of carbonyl (C=O) groups excluding carboxylic acids is 1. The first kappa shape index (κ1) is 10.7. The highest BCUT2D eigenvalue weighted by Crippen LogP contribution is 2.37. The monoisotopic (exact) mass is 222 g/mol. The Hall–Kier alpha value is -0.780. The Kier molecular flexibility index (Phi) is 2.41. The van der Waals surface area contributed by atoms with Crippen LogP contribution < -0.4 is 5.32 Å². The van der Waals surface area contributed by atoms with E-state index in [9.17, 15) is 18.0 Å². The Labute approximate surface area is 85.6 Å². The first-order valence-electron chi connectivity index (χ1n) is 4.99. The van der Waals surface area contributed by atoms with Crippen molar-refractivity contribution in [1.29, 1.82) is 0 Å². The zero-order chi connectivity index (χ0) is 11.2. The van der Waals surface area contributed by atoms with Gasteiger partial charge in [-0.05, 0) is 13.3 Å². The van der Waals surface area contributed by atoms with Crippen molar-refractivity contribution in [2.75, 3.05) is 13.1 Å². The van der Waals surface area contributed by atoms with Crippen molar-refractivity contribution in [1.82, 2.24) is 10.2 Å². The zero-order valence-electron chi connectivity index (χ0n) is 8.34. The van der Waals surface area contributed by atoms with Crippen LogP contribution in [0.1, 0.15) is 13.3 Å². The summed E-state index contributed by atoms with van der Waals surface area (Å²) in [5.41, 5.74) is 0. The second kappa shape index (κ2) is 3.37. The van der Waals surface area contributed by atoms with Gasteiger partial charge in [-0.2, -0.15) is 13.2 Å². The average molecular weight is 222 g/mol. The smallest absolute Gasteiger partial charge is 0.351 e. The minimum atomic E-state index is -4.18. The number of piperazine rings is 1. The van der Waals surface area contributed by atoms with Crippen molar-refractivity contribution < 1.29 is 18.0 Å². The molecule has 0 saturated carbocycles. The summed E-state index contributed by atoms with van der Waals surface area (Å²) < 4.78 is 37.4. The number of amides is 1. The number of nitrogens with one attached hydrogen (secondary N) is 1. The largest absolute Gasteiger partial charge is 0.393 e. The Morgan fingerprint density at radius 2 is 2.07 bits per heavy atom. The topological polar surface area (TPSA) is 32.3 Å². The summed E-state index contributed by atoms with van der Waals surface area (Å²) in [7, 11) is 0. The van der Waals surface area contributed by atoms with Crippen LogP contribution in [0, 0.1) is 5.92 Å². The third-order valence-corrected chi connectivity index (χ3v) is 3.07. The van der Waals surface area contributed by atoms with Gasteiger partial charge in [0, 0.05) is 19.1 Å². The number of hydrogen-bond acceptors (Lipinski definition) is 2. The lowest BCUT2D eigenvalue weighted by molar-refractivity contribution is -0.170. The van der Waals surface area contributed by atoms with Gasteiger partial charge in [-0.1, -0.05) is 0 Å². The van der Waals surface area contributed by atoms with Crippen molar-refractivity contribution in [3.8, 4) is 0 Å². The Bertz CT molecular complexity index is 279. The molecule has 3 nitrogen and oxygen atoms in total. The van der Waals surface area contributed by atoms with Gasteiger partial charge >= 0.3 is 6.18 Å². The van der Waals surface area contributed by atoms with Crippen LogP contribution in [0.5, 0.6) is 0 Å². The predicted octanol–water partition coefficient (Wildman–Crippen LogP) is 0.758. The third kappa shape index (κ3) is 1.95. The van der Waals surface area contributed by atoms with Crippen LogP contribution in [0.3, 0.4) is 0 Å². The van der Waals surface area contributed by atoms with Gasteiger partial charge in [0.2, 0.25) is 5.91 Å². The summed E-state index contributed by atoms with van der Waals surface area (Å²) in [6.07, 6.45) is -4.27. The molecule has 86 valence electrons. The maximum Gasteiger partial charge on any atom is 0.393 e. The second-order valence-electron chi connectivity index (χ2n) is 4.35. The lowest BCUT2D eigenvalue weighted by Crippen LogP contribution is -2.56. The molecule has 15 heavy (non-hydrogen) atoms. The fourth-order valence-electron chi connectivity index (χ4n) is 2.35. The van der Waals surface area contributed by atoms with E-state index < -0.39 is 18.1 Å². The highest BCUT2D eigenvalue weighted by molar-refractivity contribution is 5.83. The molecule has 2 rings (SSSR count). The van der Waals surface area contributed by atoms with E-state index in [4.69, 9.17) is 0 Å². The summed E-state index contributed by atoms with van der Waals surface area (Å²) in [5.74, 6) is -1.61. The van der Waals surface area contributed by atoms with E-state index in [1.165, 1.54) is 0 Å². The van der Waals surface area contributed by atoms with Gasteiger partial charge in [0.25, 0.3) is 0 Å². The van der Waals surface area contributed by atoms with E-state index in [0.717, 1.165) is 0 Å². The number of fused-ring (bicyclic) bond motifs is 1. The number of nitrogens with zero attached hydrogens (tertiary/aromatic N) is 1. The molecule has 2 fully saturated rings. The van der Waals surface area contributed by atoms with Crippen molar-refractivity contribution in [3.05, 3.63) is 0 Å². The number of halogens is 3. The summed E-state index contributed by atoms with van der Waals surface area (Å²) in [6, 6.07) is -0.631. The van der Waals surface area contributed by atoms with Gasteiger partial charge in [0.1, 0.15) is 0 Å². The van der Waals surface area contributed by atoms with Crippen LogP contribution in [-0.2, 0) is 4.79 Å². The molecule has 0 aromatic rings.